The molecule has 0 aromatic heterocycles. The third kappa shape index (κ3) is 1.72. The van der Waals surface area contributed by atoms with Gasteiger partial charge in [0, 0.05) is 0 Å². The van der Waals surface area contributed by atoms with Crippen molar-refractivity contribution in [3.8, 4) is 0 Å². The Balaban J connectivity index is 2.86. The first-order valence-corrected chi connectivity index (χ1v) is 4.71. The van der Waals surface area contributed by atoms with Crippen LogP contribution in [0, 0.1) is 0 Å². The fourth-order valence-corrected chi connectivity index (χ4v) is 1.70. The number of nitrogens with zero attached hydrogens (tertiary/aromatic N) is 1. The van der Waals surface area contributed by atoms with Crippen LogP contribution in [0.4, 0.5) is 0 Å². The maximum atomic E-state index is 10.9. The molecule has 1 heterocycles. The Morgan fingerprint density at radius 2 is 1.50 bits per heavy atom. The molecule has 1 fully saturated rings. The summed E-state index contributed by atoms with van der Waals surface area (Å²) >= 11 is 0. The molecule has 1 aliphatic rings. The van der Waals surface area contributed by atoms with Gasteiger partial charge in [-0.2, -0.15) is 0 Å². The van der Waals surface area contributed by atoms with E-state index in [-0.39, 0.29) is 0 Å². The second kappa shape index (κ2) is 3.96. The van der Waals surface area contributed by atoms with Gasteiger partial charge in [0.15, 0.2) is 0 Å². The van der Waals surface area contributed by atoms with E-state index in [0.29, 0.717) is 13.1 Å². The van der Waals surface area contributed by atoms with Gasteiger partial charge in [-0.05, 0) is 32.9 Å². The van der Waals surface area contributed by atoms with Gasteiger partial charge >= 0.3 is 11.9 Å². The number of hydrogen-bond donors (Lipinski definition) is 2. The smallest absolute Gasteiger partial charge is 0.335 e. The molecule has 1 aliphatic heterocycles. The zero-order valence-corrected chi connectivity index (χ0v) is 8.19. The van der Waals surface area contributed by atoms with Crippen molar-refractivity contribution in [2.24, 2.45) is 0 Å². The van der Waals surface area contributed by atoms with Gasteiger partial charge in [0.1, 0.15) is 0 Å². The fraction of sp³-hybridized carbons (Fsp3) is 0.778. The lowest BCUT2D eigenvalue weighted by Crippen LogP contribution is -2.59. The van der Waals surface area contributed by atoms with Crippen molar-refractivity contribution < 1.29 is 19.8 Å². The van der Waals surface area contributed by atoms with E-state index in [0.717, 1.165) is 19.3 Å². The summed E-state index contributed by atoms with van der Waals surface area (Å²) in [4.78, 5) is 23.4. The lowest BCUT2D eigenvalue weighted by molar-refractivity contribution is -0.167. The fourth-order valence-electron chi connectivity index (χ4n) is 1.70. The van der Waals surface area contributed by atoms with Crippen molar-refractivity contribution >= 4 is 11.9 Å². The number of carboxylic acid groups (broad SMARTS) is 2. The number of piperidine rings is 1. The van der Waals surface area contributed by atoms with Crippen molar-refractivity contribution in [3.63, 3.8) is 0 Å². The number of carbonyl (C=O) groups is 2. The van der Waals surface area contributed by atoms with E-state index < -0.39 is 17.5 Å². The van der Waals surface area contributed by atoms with Gasteiger partial charge in [-0.1, -0.05) is 6.42 Å². The monoisotopic (exact) mass is 201 g/mol. The van der Waals surface area contributed by atoms with Crippen LogP contribution >= 0.6 is 0 Å². The van der Waals surface area contributed by atoms with Crippen LogP contribution in [-0.4, -0.2) is 45.7 Å². The van der Waals surface area contributed by atoms with Crippen molar-refractivity contribution in [3.05, 3.63) is 0 Å². The van der Waals surface area contributed by atoms with E-state index in [1.54, 1.807) is 0 Å². The number of aliphatic carboxylic acids is 2. The SMILES string of the molecule is CC(C(=O)O)(C(=O)O)N1CCCCC1. The van der Waals surface area contributed by atoms with Crippen LogP contribution in [0.1, 0.15) is 26.2 Å². The van der Waals surface area contributed by atoms with Gasteiger partial charge in [0.05, 0.1) is 0 Å². The zero-order valence-electron chi connectivity index (χ0n) is 8.19. The Hall–Kier alpha value is -1.10. The Bertz CT molecular complexity index is 231. The summed E-state index contributed by atoms with van der Waals surface area (Å²) < 4.78 is 0. The minimum Gasteiger partial charge on any atom is -0.479 e. The first-order valence-electron chi connectivity index (χ1n) is 4.71. The van der Waals surface area contributed by atoms with Crippen molar-refractivity contribution in [2.75, 3.05) is 13.1 Å². The van der Waals surface area contributed by atoms with Crippen LogP contribution in [0.3, 0.4) is 0 Å². The molecule has 1 saturated heterocycles. The van der Waals surface area contributed by atoms with Gasteiger partial charge in [-0.15, -0.1) is 0 Å². The number of likely N-dealkylation sites (tertiary alicyclic amines) is 1. The van der Waals surface area contributed by atoms with Gasteiger partial charge in [0.2, 0.25) is 5.54 Å². The molecular formula is C9H15NO4. The summed E-state index contributed by atoms with van der Waals surface area (Å²) in [5.41, 5.74) is -1.76. The molecule has 80 valence electrons. The summed E-state index contributed by atoms with van der Waals surface area (Å²) in [7, 11) is 0. The molecular weight excluding hydrogens is 186 g/mol. The molecule has 0 amide bonds. The topological polar surface area (TPSA) is 77.8 Å². The van der Waals surface area contributed by atoms with E-state index in [1.807, 2.05) is 0 Å². The lowest BCUT2D eigenvalue weighted by Gasteiger charge is -2.36. The van der Waals surface area contributed by atoms with Crippen LogP contribution in [0.2, 0.25) is 0 Å². The quantitative estimate of drug-likeness (QED) is 0.646. The van der Waals surface area contributed by atoms with Crippen LogP contribution < -0.4 is 0 Å². The molecule has 5 nitrogen and oxygen atoms in total. The summed E-state index contributed by atoms with van der Waals surface area (Å²) in [5, 5.41) is 17.9. The Morgan fingerprint density at radius 1 is 1.07 bits per heavy atom. The molecule has 0 aromatic rings. The lowest BCUT2D eigenvalue weighted by atomic mass is 9.97. The second-order valence-electron chi connectivity index (χ2n) is 3.73. The predicted molar refractivity (Wildman–Crippen MR) is 49.1 cm³/mol. The minimum absolute atomic E-state index is 0.551. The average Bonchev–Trinajstić information content (AvgIpc) is 2.17. The third-order valence-corrected chi connectivity index (χ3v) is 2.82. The minimum atomic E-state index is -1.76. The molecule has 1 rings (SSSR count). The molecule has 14 heavy (non-hydrogen) atoms. The average molecular weight is 201 g/mol. The normalized spacial score (nSPS) is 19.2. The van der Waals surface area contributed by atoms with Gasteiger partial charge in [-0.25, -0.2) is 9.59 Å². The number of hydrogen-bond acceptors (Lipinski definition) is 3. The largest absolute Gasteiger partial charge is 0.479 e. The van der Waals surface area contributed by atoms with Gasteiger partial charge in [0.25, 0.3) is 0 Å². The molecule has 0 spiro atoms. The second-order valence-corrected chi connectivity index (χ2v) is 3.73. The molecule has 0 aliphatic carbocycles. The summed E-state index contributed by atoms with van der Waals surface area (Å²) in [5.74, 6) is -2.57. The molecule has 0 bridgehead atoms. The third-order valence-electron chi connectivity index (χ3n) is 2.82. The maximum Gasteiger partial charge on any atom is 0.335 e. The van der Waals surface area contributed by atoms with E-state index >= 15 is 0 Å². The van der Waals surface area contributed by atoms with Crippen LogP contribution in [0.15, 0.2) is 0 Å². The first-order chi connectivity index (χ1) is 6.49. The van der Waals surface area contributed by atoms with E-state index in [9.17, 15) is 9.59 Å². The van der Waals surface area contributed by atoms with Gasteiger partial charge < -0.3 is 10.2 Å². The maximum absolute atomic E-state index is 10.9. The summed E-state index contributed by atoms with van der Waals surface area (Å²) in [6.45, 7) is 2.35. The number of rotatable bonds is 3. The molecule has 2 N–H and O–H groups in total. The molecule has 0 unspecified atom stereocenters. The molecule has 0 atom stereocenters. The predicted octanol–water partition coefficient (Wildman–Crippen LogP) is 0.400. The number of carboxylic acids is 2. The molecule has 5 heteroatoms. The van der Waals surface area contributed by atoms with Crippen molar-refractivity contribution in [1.29, 1.82) is 0 Å². The van der Waals surface area contributed by atoms with Crippen LogP contribution in [0.5, 0.6) is 0 Å². The Labute approximate surface area is 82.3 Å². The zero-order chi connectivity index (χ0) is 10.8. The van der Waals surface area contributed by atoms with E-state index in [1.165, 1.54) is 11.8 Å². The Kier molecular flexibility index (Phi) is 3.10. The van der Waals surface area contributed by atoms with Gasteiger partial charge in [-0.3, -0.25) is 4.90 Å². The molecule has 0 saturated carbocycles. The van der Waals surface area contributed by atoms with Crippen molar-refractivity contribution in [2.45, 2.75) is 31.7 Å². The first kappa shape index (κ1) is 11.0. The van der Waals surface area contributed by atoms with Crippen molar-refractivity contribution in [1.82, 2.24) is 4.90 Å². The van der Waals surface area contributed by atoms with Crippen LogP contribution in [0.25, 0.3) is 0 Å². The highest BCUT2D eigenvalue weighted by atomic mass is 16.4. The van der Waals surface area contributed by atoms with E-state index in [2.05, 4.69) is 0 Å². The summed E-state index contributed by atoms with van der Waals surface area (Å²) in [6, 6.07) is 0. The molecule has 0 radical (unpaired) electrons. The van der Waals surface area contributed by atoms with E-state index in [4.69, 9.17) is 10.2 Å². The van der Waals surface area contributed by atoms with Crippen LogP contribution in [-0.2, 0) is 9.59 Å². The standard InChI is InChI=1S/C9H15NO4/c1-9(7(11)12,8(13)14)10-5-3-2-4-6-10/h2-6H2,1H3,(H,11,12)(H,13,14). The highest BCUT2D eigenvalue weighted by Crippen LogP contribution is 2.21. The highest BCUT2D eigenvalue weighted by Gasteiger charge is 2.47. The highest BCUT2D eigenvalue weighted by molar-refractivity contribution is 6.02. The summed E-state index contributed by atoms with van der Waals surface area (Å²) in [6.07, 6.45) is 2.79. The Morgan fingerprint density at radius 3 is 1.86 bits per heavy atom. The molecule has 0 aromatic carbocycles.